The summed E-state index contributed by atoms with van der Waals surface area (Å²) in [6, 6.07) is 0.501. The van der Waals surface area contributed by atoms with Crippen molar-refractivity contribution in [3.63, 3.8) is 0 Å². The minimum atomic E-state index is 0.501. The van der Waals surface area contributed by atoms with E-state index in [9.17, 15) is 0 Å². The fourth-order valence-corrected chi connectivity index (χ4v) is 1.91. The zero-order valence-electron chi connectivity index (χ0n) is 10.9. The summed E-state index contributed by atoms with van der Waals surface area (Å²) in [6.07, 6.45) is 0. The minimum Gasteiger partial charge on any atom is -0.380 e. The van der Waals surface area contributed by atoms with Crippen molar-refractivity contribution < 1.29 is 9.47 Å². The highest BCUT2D eigenvalue weighted by molar-refractivity contribution is 4.76. The smallest absolute Gasteiger partial charge is 0.0634 e. The molecule has 1 saturated heterocycles. The van der Waals surface area contributed by atoms with E-state index in [0.717, 1.165) is 46.1 Å². The summed E-state index contributed by atoms with van der Waals surface area (Å²) in [5.41, 5.74) is 0. The first kappa shape index (κ1) is 13.9. The Morgan fingerprint density at radius 2 is 2.31 bits per heavy atom. The molecule has 0 aromatic carbocycles. The van der Waals surface area contributed by atoms with E-state index in [1.54, 1.807) is 0 Å². The van der Waals surface area contributed by atoms with Crippen molar-refractivity contribution in [1.82, 2.24) is 10.2 Å². The van der Waals surface area contributed by atoms with Crippen molar-refractivity contribution in [2.24, 2.45) is 5.92 Å². The van der Waals surface area contributed by atoms with Gasteiger partial charge in [-0.05, 0) is 13.0 Å². The van der Waals surface area contributed by atoms with Gasteiger partial charge in [0.2, 0.25) is 0 Å². The van der Waals surface area contributed by atoms with Crippen LogP contribution in [0.2, 0.25) is 0 Å². The zero-order chi connectivity index (χ0) is 11.8. The Bertz CT molecular complexity index is 174. The minimum absolute atomic E-state index is 0.501. The van der Waals surface area contributed by atoms with E-state index < -0.39 is 0 Å². The molecule has 4 heteroatoms. The largest absolute Gasteiger partial charge is 0.380 e. The summed E-state index contributed by atoms with van der Waals surface area (Å²) in [4.78, 5) is 2.46. The van der Waals surface area contributed by atoms with E-state index in [-0.39, 0.29) is 0 Å². The normalized spacial score (nSPS) is 22.9. The van der Waals surface area contributed by atoms with Gasteiger partial charge in [0.05, 0.1) is 19.8 Å². The van der Waals surface area contributed by atoms with Crippen LogP contribution in [0.15, 0.2) is 0 Å². The van der Waals surface area contributed by atoms with Gasteiger partial charge in [-0.2, -0.15) is 0 Å². The quantitative estimate of drug-likeness (QED) is 0.649. The van der Waals surface area contributed by atoms with Crippen LogP contribution in [0.1, 0.15) is 13.8 Å². The van der Waals surface area contributed by atoms with Gasteiger partial charge in [-0.1, -0.05) is 13.8 Å². The van der Waals surface area contributed by atoms with Crippen LogP contribution < -0.4 is 5.32 Å². The molecule has 0 aromatic heterocycles. The lowest BCUT2D eigenvalue weighted by atomic mass is 10.2. The fraction of sp³-hybridized carbons (Fsp3) is 1.00. The molecule has 0 aliphatic carbocycles. The molecule has 1 atom stereocenters. The van der Waals surface area contributed by atoms with Crippen LogP contribution in [0.3, 0.4) is 0 Å². The maximum absolute atomic E-state index is 5.62. The van der Waals surface area contributed by atoms with Crippen molar-refractivity contribution in [3.05, 3.63) is 0 Å². The molecule has 1 N–H and O–H groups in total. The fourth-order valence-electron chi connectivity index (χ4n) is 1.91. The lowest BCUT2D eigenvalue weighted by Gasteiger charge is -2.35. The van der Waals surface area contributed by atoms with Crippen LogP contribution in [-0.4, -0.2) is 64.1 Å². The lowest BCUT2D eigenvalue weighted by Crippen LogP contribution is -2.50. The Labute approximate surface area is 99.3 Å². The number of hydrogen-bond donors (Lipinski definition) is 1. The Balaban J connectivity index is 2.16. The summed E-state index contributed by atoms with van der Waals surface area (Å²) in [5, 5.41) is 3.21. The number of nitrogens with one attached hydrogen (secondary N) is 1. The Morgan fingerprint density at radius 1 is 1.50 bits per heavy atom. The second kappa shape index (κ2) is 8.01. The number of morpholine rings is 1. The molecule has 4 nitrogen and oxygen atoms in total. The van der Waals surface area contributed by atoms with Gasteiger partial charge >= 0.3 is 0 Å². The highest BCUT2D eigenvalue weighted by atomic mass is 16.5. The predicted molar refractivity (Wildman–Crippen MR) is 65.8 cm³/mol. The van der Waals surface area contributed by atoms with Crippen molar-refractivity contribution in [2.45, 2.75) is 19.9 Å². The highest BCUT2D eigenvalue weighted by Gasteiger charge is 2.21. The van der Waals surface area contributed by atoms with Crippen LogP contribution in [0.5, 0.6) is 0 Å². The third-order valence-corrected chi connectivity index (χ3v) is 2.76. The molecule has 16 heavy (non-hydrogen) atoms. The van der Waals surface area contributed by atoms with E-state index in [4.69, 9.17) is 9.47 Å². The molecule has 0 spiro atoms. The van der Waals surface area contributed by atoms with Crippen molar-refractivity contribution >= 4 is 0 Å². The molecule has 0 amide bonds. The Hall–Kier alpha value is -0.160. The second-order valence-electron chi connectivity index (χ2n) is 4.79. The summed E-state index contributed by atoms with van der Waals surface area (Å²) in [7, 11) is 1.99. The molecule has 1 rings (SSSR count). The van der Waals surface area contributed by atoms with E-state index in [2.05, 4.69) is 24.1 Å². The molecule has 0 aromatic rings. The lowest BCUT2D eigenvalue weighted by molar-refractivity contribution is -0.0207. The first-order chi connectivity index (χ1) is 7.74. The summed E-state index contributed by atoms with van der Waals surface area (Å²) in [6.45, 7) is 10.8. The summed E-state index contributed by atoms with van der Waals surface area (Å²) >= 11 is 0. The first-order valence-electron chi connectivity index (χ1n) is 6.28. The maximum atomic E-state index is 5.62. The number of nitrogens with zero attached hydrogens (tertiary/aromatic N) is 1. The molecule has 0 saturated carbocycles. The van der Waals surface area contributed by atoms with Crippen LogP contribution in [-0.2, 0) is 9.47 Å². The van der Waals surface area contributed by atoms with Gasteiger partial charge in [0.25, 0.3) is 0 Å². The van der Waals surface area contributed by atoms with Crippen LogP contribution in [0.25, 0.3) is 0 Å². The molecule has 1 unspecified atom stereocenters. The van der Waals surface area contributed by atoms with Crippen LogP contribution >= 0.6 is 0 Å². The standard InChI is InChI=1S/C12H26N2O2/c1-11(2)9-15-6-4-14-5-7-16-10-12(14)8-13-3/h11-13H,4-10H2,1-3H3. The number of rotatable bonds is 7. The maximum Gasteiger partial charge on any atom is 0.0634 e. The molecule has 1 fully saturated rings. The molecule has 1 aliphatic heterocycles. The molecular formula is C12H26N2O2. The number of ether oxygens (including phenoxy) is 2. The summed E-state index contributed by atoms with van der Waals surface area (Å²) < 4.78 is 11.1. The number of hydrogen-bond acceptors (Lipinski definition) is 4. The third-order valence-electron chi connectivity index (χ3n) is 2.76. The summed E-state index contributed by atoms with van der Waals surface area (Å²) in [5.74, 6) is 0.623. The molecule has 1 aliphatic rings. The van der Waals surface area contributed by atoms with Gasteiger partial charge in [0, 0.05) is 32.3 Å². The molecular weight excluding hydrogens is 204 g/mol. The highest BCUT2D eigenvalue weighted by Crippen LogP contribution is 2.05. The van der Waals surface area contributed by atoms with Crippen LogP contribution in [0.4, 0.5) is 0 Å². The average molecular weight is 230 g/mol. The van der Waals surface area contributed by atoms with E-state index >= 15 is 0 Å². The second-order valence-corrected chi connectivity index (χ2v) is 4.79. The van der Waals surface area contributed by atoms with Gasteiger partial charge in [-0.25, -0.2) is 0 Å². The molecule has 96 valence electrons. The van der Waals surface area contributed by atoms with E-state index in [1.165, 1.54) is 0 Å². The van der Waals surface area contributed by atoms with Gasteiger partial charge in [-0.15, -0.1) is 0 Å². The Kier molecular flexibility index (Phi) is 6.96. The van der Waals surface area contributed by atoms with Gasteiger partial charge in [-0.3, -0.25) is 4.90 Å². The Morgan fingerprint density at radius 3 is 3.00 bits per heavy atom. The molecule has 0 radical (unpaired) electrons. The van der Waals surface area contributed by atoms with E-state index in [1.807, 2.05) is 7.05 Å². The topological polar surface area (TPSA) is 33.7 Å². The average Bonchev–Trinajstić information content (AvgIpc) is 2.26. The van der Waals surface area contributed by atoms with Crippen LogP contribution in [0, 0.1) is 5.92 Å². The zero-order valence-corrected chi connectivity index (χ0v) is 10.9. The SMILES string of the molecule is CNCC1COCCN1CCOCC(C)C. The molecule has 0 bridgehead atoms. The number of likely N-dealkylation sites (N-methyl/N-ethyl adjacent to an activating group) is 1. The van der Waals surface area contributed by atoms with Crippen molar-refractivity contribution in [2.75, 3.05) is 53.1 Å². The van der Waals surface area contributed by atoms with Gasteiger partial charge in [0.15, 0.2) is 0 Å². The predicted octanol–water partition coefficient (Wildman–Crippen LogP) is 0.579. The monoisotopic (exact) mass is 230 g/mol. The van der Waals surface area contributed by atoms with Crippen molar-refractivity contribution in [1.29, 1.82) is 0 Å². The van der Waals surface area contributed by atoms with Crippen molar-refractivity contribution in [3.8, 4) is 0 Å². The van der Waals surface area contributed by atoms with E-state index in [0.29, 0.717) is 12.0 Å². The third kappa shape index (κ3) is 5.25. The molecule has 1 heterocycles. The van der Waals surface area contributed by atoms with Gasteiger partial charge < -0.3 is 14.8 Å². The van der Waals surface area contributed by atoms with Gasteiger partial charge in [0.1, 0.15) is 0 Å². The first-order valence-corrected chi connectivity index (χ1v) is 6.28.